The van der Waals surface area contributed by atoms with Gasteiger partial charge in [0.15, 0.2) is 0 Å². The summed E-state index contributed by atoms with van der Waals surface area (Å²) < 4.78 is 5.17. The number of aromatic nitrogens is 2. The van der Waals surface area contributed by atoms with E-state index in [0.29, 0.717) is 12.6 Å². The molecule has 0 atom stereocenters. The first-order chi connectivity index (χ1) is 9.13. The molecule has 0 aliphatic carbocycles. The minimum absolute atomic E-state index is 0.328. The van der Waals surface area contributed by atoms with E-state index in [9.17, 15) is 0 Å². The lowest BCUT2D eigenvalue weighted by Crippen LogP contribution is -2.34. The summed E-state index contributed by atoms with van der Waals surface area (Å²) in [5.74, 6) is 0.907. The van der Waals surface area contributed by atoms with Crippen molar-refractivity contribution >= 4 is 22.4 Å². The molecule has 2 N–H and O–H groups in total. The number of methoxy groups -OCH3 is 1. The van der Waals surface area contributed by atoms with Gasteiger partial charge in [-0.2, -0.15) is 0 Å². The Kier molecular flexibility index (Phi) is 4.16. The van der Waals surface area contributed by atoms with Crippen molar-refractivity contribution in [3.8, 4) is 0 Å². The maximum atomic E-state index is 5.87. The summed E-state index contributed by atoms with van der Waals surface area (Å²) in [6.45, 7) is 5.72. The van der Waals surface area contributed by atoms with Gasteiger partial charge in [-0.3, -0.25) is 0 Å². The lowest BCUT2D eigenvalue weighted by atomic mass is 10.2. The summed E-state index contributed by atoms with van der Waals surface area (Å²) in [6.07, 6.45) is 1.59. The quantitative estimate of drug-likeness (QED) is 0.834. The van der Waals surface area contributed by atoms with Crippen molar-refractivity contribution in [2.75, 3.05) is 30.9 Å². The standard InChI is InChI=1S/C14H20N4O/c1-10(2)18(6-7-19-3)14-12-8-11(15)4-5-13(12)16-9-17-14/h4-5,8-10H,6-7,15H2,1-3H3. The molecule has 0 bridgehead atoms. The first-order valence-corrected chi connectivity index (χ1v) is 6.39. The first-order valence-electron chi connectivity index (χ1n) is 6.39. The van der Waals surface area contributed by atoms with Crippen LogP contribution in [0.5, 0.6) is 0 Å². The molecule has 1 aromatic carbocycles. The monoisotopic (exact) mass is 260 g/mol. The molecule has 0 spiro atoms. The predicted molar refractivity (Wildman–Crippen MR) is 78.3 cm³/mol. The Morgan fingerprint density at radius 3 is 2.79 bits per heavy atom. The van der Waals surface area contributed by atoms with E-state index in [1.807, 2.05) is 18.2 Å². The molecule has 5 nitrogen and oxygen atoms in total. The van der Waals surface area contributed by atoms with E-state index in [2.05, 4.69) is 28.7 Å². The second-order valence-electron chi connectivity index (χ2n) is 4.75. The Morgan fingerprint density at radius 2 is 2.11 bits per heavy atom. The third-order valence-electron chi connectivity index (χ3n) is 3.07. The van der Waals surface area contributed by atoms with Crippen molar-refractivity contribution in [2.45, 2.75) is 19.9 Å². The van der Waals surface area contributed by atoms with E-state index in [0.717, 1.165) is 29.0 Å². The highest BCUT2D eigenvalue weighted by molar-refractivity contribution is 5.91. The van der Waals surface area contributed by atoms with E-state index in [1.165, 1.54) is 0 Å². The molecule has 0 fully saturated rings. The van der Waals surface area contributed by atoms with Crippen LogP contribution in [0.2, 0.25) is 0 Å². The minimum atomic E-state index is 0.328. The van der Waals surface area contributed by atoms with E-state index in [4.69, 9.17) is 10.5 Å². The molecular weight excluding hydrogens is 240 g/mol. The van der Waals surface area contributed by atoms with Crippen molar-refractivity contribution in [1.82, 2.24) is 9.97 Å². The minimum Gasteiger partial charge on any atom is -0.399 e. The molecule has 0 amide bonds. The second-order valence-corrected chi connectivity index (χ2v) is 4.75. The van der Waals surface area contributed by atoms with Crippen LogP contribution in [0.3, 0.4) is 0 Å². The van der Waals surface area contributed by atoms with Crippen LogP contribution in [0.1, 0.15) is 13.8 Å². The Bertz CT molecular complexity index is 556. The van der Waals surface area contributed by atoms with Crippen LogP contribution in [0, 0.1) is 0 Å². The van der Waals surface area contributed by atoms with E-state index >= 15 is 0 Å². The zero-order valence-corrected chi connectivity index (χ0v) is 11.6. The third kappa shape index (κ3) is 2.93. The van der Waals surface area contributed by atoms with Crippen LogP contribution < -0.4 is 10.6 Å². The van der Waals surface area contributed by atoms with Gasteiger partial charge < -0.3 is 15.4 Å². The van der Waals surface area contributed by atoms with Gasteiger partial charge in [-0.1, -0.05) is 0 Å². The summed E-state index contributed by atoms with van der Waals surface area (Å²) in [4.78, 5) is 10.9. The molecule has 0 unspecified atom stereocenters. The number of ether oxygens (including phenoxy) is 1. The third-order valence-corrected chi connectivity index (χ3v) is 3.07. The van der Waals surface area contributed by atoms with E-state index in [-0.39, 0.29) is 0 Å². The van der Waals surface area contributed by atoms with Crippen molar-refractivity contribution in [2.24, 2.45) is 0 Å². The molecule has 0 saturated heterocycles. The number of benzene rings is 1. The summed E-state index contributed by atoms with van der Waals surface area (Å²) >= 11 is 0. The fourth-order valence-electron chi connectivity index (χ4n) is 2.09. The second kappa shape index (κ2) is 5.84. The van der Waals surface area contributed by atoms with E-state index < -0.39 is 0 Å². The number of hydrogen-bond donors (Lipinski definition) is 1. The number of rotatable bonds is 5. The molecular formula is C14H20N4O. The number of nitrogens with two attached hydrogens (primary N) is 1. The number of hydrogen-bond acceptors (Lipinski definition) is 5. The van der Waals surface area contributed by atoms with E-state index in [1.54, 1.807) is 13.4 Å². The Labute approximate surface area is 113 Å². The zero-order chi connectivity index (χ0) is 13.8. The first kappa shape index (κ1) is 13.5. The maximum absolute atomic E-state index is 5.87. The molecule has 1 heterocycles. The molecule has 1 aromatic heterocycles. The summed E-state index contributed by atoms with van der Waals surface area (Å²) in [5.41, 5.74) is 7.50. The highest BCUT2D eigenvalue weighted by Crippen LogP contribution is 2.26. The number of fused-ring (bicyclic) bond motifs is 1. The molecule has 102 valence electrons. The number of nitrogen functional groups attached to an aromatic ring is 1. The fourth-order valence-corrected chi connectivity index (χ4v) is 2.09. The van der Waals surface area contributed by atoms with Gasteiger partial charge in [0.25, 0.3) is 0 Å². The maximum Gasteiger partial charge on any atom is 0.140 e. The predicted octanol–water partition coefficient (Wildman–Crippen LogP) is 2.07. The fraction of sp³-hybridized carbons (Fsp3) is 0.429. The molecule has 2 aromatic rings. The Hall–Kier alpha value is -1.88. The highest BCUT2D eigenvalue weighted by Gasteiger charge is 2.15. The van der Waals surface area contributed by atoms with Crippen LogP contribution in [0.4, 0.5) is 11.5 Å². The lowest BCUT2D eigenvalue weighted by molar-refractivity contribution is 0.203. The lowest BCUT2D eigenvalue weighted by Gasteiger charge is -2.28. The zero-order valence-electron chi connectivity index (χ0n) is 11.6. The SMILES string of the molecule is COCCN(c1ncnc2ccc(N)cc12)C(C)C. The molecule has 19 heavy (non-hydrogen) atoms. The summed E-state index contributed by atoms with van der Waals surface area (Å²) in [7, 11) is 1.70. The smallest absolute Gasteiger partial charge is 0.140 e. The molecule has 0 aliphatic rings. The average molecular weight is 260 g/mol. The summed E-state index contributed by atoms with van der Waals surface area (Å²) in [5, 5.41) is 0.979. The van der Waals surface area contributed by atoms with Crippen LogP contribution in [0.25, 0.3) is 10.9 Å². The summed E-state index contributed by atoms with van der Waals surface area (Å²) in [6, 6.07) is 6.03. The molecule has 0 aliphatic heterocycles. The topological polar surface area (TPSA) is 64.3 Å². The molecule has 0 radical (unpaired) electrons. The van der Waals surface area contributed by atoms with Gasteiger partial charge in [0.2, 0.25) is 0 Å². The van der Waals surface area contributed by atoms with Crippen LogP contribution in [0.15, 0.2) is 24.5 Å². The molecule has 0 saturated carbocycles. The normalized spacial score (nSPS) is 11.2. The largest absolute Gasteiger partial charge is 0.399 e. The van der Waals surface area contributed by atoms with Gasteiger partial charge in [0, 0.05) is 30.8 Å². The number of anilines is 2. The Morgan fingerprint density at radius 1 is 1.32 bits per heavy atom. The van der Waals surface area contributed by atoms with Crippen LogP contribution in [-0.4, -0.2) is 36.3 Å². The molecule has 5 heteroatoms. The van der Waals surface area contributed by atoms with Crippen molar-refractivity contribution < 1.29 is 4.74 Å². The van der Waals surface area contributed by atoms with Gasteiger partial charge in [-0.05, 0) is 32.0 Å². The molecule has 2 rings (SSSR count). The van der Waals surface area contributed by atoms with Gasteiger partial charge in [0.05, 0.1) is 12.1 Å². The van der Waals surface area contributed by atoms with Crippen molar-refractivity contribution in [1.29, 1.82) is 0 Å². The van der Waals surface area contributed by atoms with Crippen molar-refractivity contribution in [3.63, 3.8) is 0 Å². The highest BCUT2D eigenvalue weighted by atomic mass is 16.5. The van der Waals surface area contributed by atoms with Gasteiger partial charge in [0.1, 0.15) is 12.1 Å². The average Bonchev–Trinajstić information content (AvgIpc) is 2.39. The van der Waals surface area contributed by atoms with Gasteiger partial charge in [-0.15, -0.1) is 0 Å². The van der Waals surface area contributed by atoms with Gasteiger partial charge in [-0.25, -0.2) is 9.97 Å². The van der Waals surface area contributed by atoms with Crippen molar-refractivity contribution in [3.05, 3.63) is 24.5 Å². The Balaban J connectivity index is 2.49. The van der Waals surface area contributed by atoms with Gasteiger partial charge >= 0.3 is 0 Å². The van der Waals surface area contributed by atoms with Crippen LogP contribution >= 0.6 is 0 Å². The number of nitrogens with zero attached hydrogens (tertiary/aromatic N) is 3. The van der Waals surface area contributed by atoms with Crippen LogP contribution in [-0.2, 0) is 4.74 Å².